The molecule has 0 fully saturated rings. The summed E-state index contributed by atoms with van der Waals surface area (Å²) in [5.41, 5.74) is 3.82. The van der Waals surface area contributed by atoms with E-state index in [1.54, 1.807) is 6.07 Å². The minimum atomic E-state index is -0.255. The molecule has 0 aliphatic heterocycles. The van der Waals surface area contributed by atoms with Gasteiger partial charge in [0.05, 0.1) is 17.6 Å². The third-order valence-electron chi connectivity index (χ3n) is 4.87. The number of hydrogen-bond acceptors (Lipinski definition) is 3. The Morgan fingerprint density at radius 2 is 1.76 bits per heavy atom. The Balaban J connectivity index is 1.46. The lowest BCUT2D eigenvalue weighted by Crippen LogP contribution is -1.99. The Kier molecular flexibility index (Phi) is 5.47. The fourth-order valence-corrected chi connectivity index (χ4v) is 3.27. The first-order chi connectivity index (χ1) is 14.1. The molecule has 0 saturated heterocycles. The van der Waals surface area contributed by atoms with Crippen molar-refractivity contribution >= 4 is 11.0 Å². The molecule has 0 radical (unpaired) electrons. The molecule has 0 amide bonds. The summed E-state index contributed by atoms with van der Waals surface area (Å²) >= 11 is 0. The van der Waals surface area contributed by atoms with Crippen LogP contribution in [0.25, 0.3) is 11.0 Å². The Morgan fingerprint density at radius 1 is 0.966 bits per heavy atom. The van der Waals surface area contributed by atoms with Gasteiger partial charge in [0, 0.05) is 12.0 Å². The smallest absolute Gasteiger partial charge is 0.123 e. The van der Waals surface area contributed by atoms with Crippen molar-refractivity contribution < 1.29 is 13.9 Å². The molecule has 1 aromatic heterocycles. The summed E-state index contributed by atoms with van der Waals surface area (Å²) in [7, 11) is 0. The number of benzene rings is 3. The normalized spacial score (nSPS) is 12.1. The summed E-state index contributed by atoms with van der Waals surface area (Å²) in [6.07, 6.45) is 0. The lowest BCUT2D eigenvalue weighted by atomic mass is 10.0. The van der Waals surface area contributed by atoms with Crippen LogP contribution in [0.3, 0.4) is 0 Å². The second-order valence-corrected chi connectivity index (χ2v) is 6.94. The zero-order chi connectivity index (χ0) is 20.2. The molecule has 3 aromatic carbocycles. The predicted octanol–water partition coefficient (Wildman–Crippen LogP) is 5.83. The fourth-order valence-electron chi connectivity index (χ4n) is 3.27. The van der Waals surface area contributed by atoms with Gasteiger partial charge in [0.1, 0.15) is 29.7 Å². The van der Waals surface area contributed by atoms with E-state index in [0.717, 1.165) is 39.5 Å². The van der Waals surface area contributed by atoms with Gasteiger partial charge in [-0.2, -0.15) is 0 Å². The summed E-state index contributed by atoms with van der Waals surface area (Å²) in [6.45, 7) is 5.04. The number of rotatable bonds is 7. The second kappa shape index (κ2) is 8.35. The average molecular weight is 390 g/mol. The van der Waals surface area contributed by atoms with Crippen LogP contribution < -0.4 is 9.47 Å². The third-order valence-corrected chi connectivity index (χ3v) is 4.87. The van der Waals surface area contributed by atoms with Crippen molar-refractivity contribution in [3.8, 4) is 11.5 Å². The maximum atomic E-state index is 13.3. The molecule has 0 bridgehead atoms. The van der Waals surface area contributed by atoms with E-state index in [0.29, 0.717) is 13.2 Å². The number of fused-ring (bicyclic) bond motifs is 1. The Labute approximate surface area is 169 Å². The molecule has 148 valence electrons. The molecule has 4 aromatic rings. The van der Waals surface area contributed by atoms with Gasteiger partial charge in [-0.15, -0.1) is 0 Å². The molecule has 4 nitrogen and oxygen atoms in total. The molecule has 4 rings (SSSR count). The summed E-state index contributed by atoms with van der Waals surface area (Å²) in [6, 6.07) is 20.3. The SMILES string of the molecule is CCOc1ccc2[nH]c(C(C)c3ccc(OCc4cccc(F)c4)cc3)nc2c1. The number of aromatic nitrogens is 2. The van der Waals surface area contributed by atoms with Crippen LogP contribution in [-0.2, 0) is 6.61 Å². The van der Waals surface area contributed by atoms with Crippen LogP contribution in [0.4, 0.5) is 4.39 Å². The molecule has 0 aliphatic rings. The number of ether oxygens (including phenoxy) is 2. The molecule has 1 heterocycles. The van der Waals surface area contributed by atoms with E-state index in [1.165, 1.54) is 12.1 Å². The lowest BCUT2D eigenvalue weighted by Gasteiger charge is -2.11. The van der Waals surface area contributed by atoms with E-state index in [9.17, 15) is 4.39 Å². The van der Waals surface area contributed by atoms with Crippen LogP contribution in [0.5, 0.6) is 11.5 Å². The van der Waals surface area contributed by atoms with Crippen molar-refractivity contribution in [3.05, 3.63) is 89.5 Å². The maximum Gasteiger partial charge on any atom is 0.123 e. The summed E-state index contributed by atoms with van der Waals surface area (Å²) in [5.74, 6) is 2.33. The maximum absolute atomic E-state index is 13.3. The molecular formula is C24H23FN2O2. The minimum Gasteiger partial charge on any atom is -0.494 e. The van der Waals surface area contributed by atoms with Crippen molar-refractivity contribution in [2.75, 3.05) is 6.61 Å². The summed E-state index contributed by atoms with van der Waals surface area (Å²) in [4.78, 5) is 8.13. The van der Waals surface area contributed by atoms with Crippen molar-refractivity contribution in [3.63, 3.8) is 0 Å². The zero-order valence-corrected chi connectivity index (χ0v) is 16.5. The van der Waals surface area contributed by atoms with Gasteiger partial charge in [0.2, 0.25) is 0 Å². The van der Waals surface area contributed by atoms with Crippen molar-refractivity contribution in [2.45, 2.75) is 26.4 Å². The van der Waals surface area contributed by atoms with Crippen molar-refractivity contribution in [1.82, 2.24) is 9.97 Å². The van der Waals surface area contributed by atoms with Gasteiger partial charge in [0.15, 0.2) is 0 Å². The highest BCUT2D eigenvalue weighted by molar-refractivity contribution is 5.77. The molecule has 1 atom stereocenters. The van der Waals surface area contributed by atoms with Crippen LogP contribution >= 0.6 is 0 Å². The molecule has 1 N–H and O–H groups in total. The highest BCUT2D eigenvalue weighted by atomic mass is 19.1. The van der Waals surface area contributed by atoms with Gasteiger partial charge in [-0.3, -0.25) is 0 Å². The number of hydrogen-bond donors (Lipinski definition) is 1. The van der Waals surface area contributed by atoms with E-state index < -0.39 is 0 Å². The molecule has 0 saturated carbocycles. The molecule has 0 aliphatic carbocycles. The quantitative estimate of drug-likeness (QED) is 0.432. The van der Waals surface area contributed by atoms with Gasteiger partial charge < -0.3 is 14.5 Å². The van der Waals surface area contributed by atoms with Crippen LogP contribution in [0.2, 0.25) is 0 Å². The standard InChI is InChI=1S/C24H23FN2O2/c1-3-28-21-11-12-22-23(14-21)27-24(26-22)16(2)18-7-9-20(10-8-18)29-15-17-5-4-6-19(25)13-17/h4-14,16H,3,15H2,1-2H3,(H,26,27). The minimum absolute atomic E-state index is 0.107. The predicted molar refractivity (Wildman–Crippen MR) is 112 cm³/mol. The van der Waals surface area contributed by atoms with Gasteiger partial charge >= 0.3 is 0 Å². The molecular weight excluding hydrogens is 367 g/mol. The Hall–Kier alpha value is -3.34. The molecule has 0 spiro atoms. The van der Waals surface area contributed by atoms with E-state index in [-0.39, 0.29) is 11.7 Å². The monoisotopic (exact) mass is 390 g/mol. The van der Waals surface area contributed by atoms with Gasteiger partial charge in [-0.1, -0.05) is 31.2 Å². The van der Waals surface area contributed by atoms with Gasteiger partial charge in [0.25, 0.3) is 0 Å². The number of nitrogens with one attached hydrogen (secondary N) is 1. The van der Waals surface area contributed by atoms with Crippen LogP contribution in [0.15, 0.2) is 66.7 Å². The average Bonchev–Trinajstić information content (AvgIpc) is 3.16. The van der Waals surface area contributed by atoms with Crippen molar-refractivity contribution in [2.24, 2.45) is 0 Å². The highest BCUT2D eigenvalue weighted by Gasteiger charge is 2.14. The lowest BCUT2D eigenvalue weighted by molar-refractivity contribution is 0.305. The third kappa shape index (κ3) is 4.40. The number of halogens is 1. The second-order valence-electron chi connectivity index (χ2n) is 6.94. The molecule has 5 heteroatoms. The fraction of sp³-hybridized carbons (Fsp3) is 0.208. The number of aromatic amines is 1. The van der Waals surface area contributed by atoms with Crippen LogP contribution in [0.1, 0.15) is 36.7 Å². The van der Waals surface area contributed by atoms with Crippen molar-refractivity contribution in [1.29, 1.82) is 0 Å². The van der Waals surface area contributed by atoms with E-state index in [2.05, 4.69) is 11.9 Å². The van der Waals surface area contributed by atoms with E-state index >= 15 is 0 Å². The highest BCUT2D eigenvalue weighted by Crippen LogP contribution is 2.27. The van der Waals surface area contributed by atoms with E-state index in [4.69, 9.17) is 14.5 Å². The Morgan fingerprint density at radius 3 is 2.52 bits per heavy atom. The van der Waals surface area contributed by atoms with Gasteiger partial charge in [-0.25, -0.2) is 9.37 Å². The molecule has 29 heavy (non-hydrogen) atoms. The zero-order valence-electron chi connectivity index (χ0n) is 16.5. The van der Waals surface area contributed by atoms with E-state index in [1.807, 2.05) is 55.5 Å². The Bertz CT molecular complexity index is 1110. The van der Waals surface area contributed by atoms with Gasteiger partial charge in [-0.05, 0) is 54.4 Å². The number of H-pyrrole nitrogens is 1. The first-order valence-corrected chi connectivity index (χ1v) is 9.72. The largest absolute Gasteiger partial charge is 0.494 e. The first-order valence-electron chi connectivity index (χ1n) is 9.72. The topological polar surface area (TPSA) is 47.1 Å². The first kappa shape index (κ1) is 19.0. The van der Waals surface area contributed by atoms with Crippen LogP contribution in [0, 0.1) is 5.82 Å². The summed E-state index contributed by atoms with van der Waals surface area (Å²) in [5, 5.41) is 0. The number of imidazole rings is 1. The number of nitrogens with zero attached hydrogens (tertiary/aromatic N) is 1. The molecule has 1 unspecified atom stereocenters. The van der Waals surface area contributed by atoms with Crippen LogP contribution in [-0.4, -0.2) is 16.6 Å². The summed E-state index contributed by atoms with van der Waals surface area (Å²) < 4.78 is 24.6.